The molecule has 1 aliphatic rings. The van der Waals surface area contributed by atoms with Gasteiger partial charge in [-0.15, -0.1) is 0 Å². The van der Waals surface area contributed by atoms with Crippen molar-refractivity contribution < 1.29 is 4.79 Å². The van der Waals surface area contributed by atoms with Crippen molar-refractivity contribution >= 4 is 21.8 Å². The van der Waals surface area contributed by atoms with Crippen LogP contribution in [-0.2, 0) is 0 Å². The smallest absolute Gasteiger partial charge is 0.271 e. The van der Waals surface area contributed by atoms with Gasteiger partial charge in [-0.3, -0.25) is 4.79 Å². The van der Waals surface area contributed by atoms with Crippen molar-refractivity contribution in [3.05, 3.63) is 28.5 Å². The summed E-state index contributed by atoms with van der Waals surface area (Å²) in [6.45, 7) is 6.79. The third-order valence-corrected chi connectivity index (χ3v) is 4.81. The van der Waals surface area contributed by atoms with Gasteiger partial charge in [0.25, 0.3) is 5.91 Å². The number of hydrogen-bond acceptors (Lipinski definition) is 2. The number of carbonyl (C=O) groups excluding carboxylic acids is 1. The third-order valence-electron chi connectivity index (χ3n) is 4.17. The molecule has 1 heterocycles. The van der Waals surface area contributed by atoms with Gasteiger partial charge in [-0.2, -0.15) is 0 Å². The number of aromatic nitrogens is 1. The van der Waals surface area contributed by atoms with Crippen LogP contribution in [0.25, 0.3) is 0 Å². The van der Waals surface area contributed by atoms with Crippen LogP contribution in [0, 0.1) is 11.3 Å². The lowest BCUT2D eigenvalue weighted by Gasteiger charge is -2.40. The second-order valence-corrected chi connectivity index (χ2v) is 7.53. The summed E-state index contributed by atoms with van der Waals surface area (Å²) in [6, 6.07) is 3.92. The van der Waals surface area contributed by atoms with Crippen LogP contribution in [0.5, 0.6) is 0 Å². The third kappa shape index (κ3) is 3.60. The number of rotatable bonds is 2. The molecule has 1 N–H and O–H groups in total. The van der Waals surface area contributed by atoms with Gasteiger partial charge in [0, 0.05) is 16.7 Å². The van der Waals surface area contributed by atoms with E-state index in [1.54, 1.807) is 6.20 Å². The molecule has 20 heavy (non-hydrogen) atoms. The zero-order valence-electron chi connectivity index (χ0n) is 12.4. The highest BCUT2D eigenvalue weighted by atomic mass is 79.9. The van der Waals surface area contributed by atoms with Crippen molar-refractivity contribution in [1.29, 1.82) is 0 Å². The Hall–Kier alpha value is -0.900. The molecule has 1 aliphatic carbocycles. The van der Waals surface area contributed by atoms with Gasteiger partial charge in [0.2, 0.25) is 0 Å². The lowest BCUT2D eigenvalue weighted by Crippen LogP contribution is -2.46. The molecule has 0 saturated heterocycles. The average Bonchev–Trinajstić information content (AvgIpc) is 2.38. The van der Waals surface area contributed by atoms with Crippen LogP contribution in [0.2, 0.25) is 0 Å². The van der Waals surface area contributed by atoms with E-state index < -0.39 is 0 Å². The Morgan fingerprint density at radius 2 is 2.05 bits per heavy atom. The maximum absolute atomic E-state index is 12.4. The Labute approximate surface area is 129 Å². The first-order valence-corrected chi connectivity index (χ1v) is 8.10. The Morgan fingerprint density at radius 3 is 2.70 bits per heavy atom. The number of nitrogens with one attached hydrogen (secondary N) is 1. The largest absolute Gasteiger partial charge is 0.348 e. The minimum Gasteiger partial charge on any atom is -0.348 e. The van der Waals surface area contributed by atoms with Gasteiger partial charge in [-0.1, -0.05) is 33.6 Å². The van der Waals surface area contributed by atoms with E-state index in [0.717, 1.165) is 10.9 Å². The van der Waals surface area contributed by atoms with Gasteiger partial charge in [0.15, 0.2) is 0 Å². The molecule has 1 amide bonds. The number of halogens is 1. The molecule has 2 rings (SSSR count). The summed E-state index contributed by atoms with van der Waals surface area (Å²) < 4.78 is 0.751. The zero-order chi connectivity index (χ0) is 14.8. The predicted octanol–water partition coefficient (Wildman–Crippen LogP) is 4.18. The summed E-state index contributed by atoms with van der Waals surface area (Å²) in [5, 5.41) is 3.20. The zero-order valence-corrected chi connectivity index (χ0v) is 14.0. The van der Waals surface area contributed by atoms with E-state index in [1.807, 2.05) is 12.1 Å². The van der Waals surface area contributed by atoms with Crippen LogP contribution < -0.4 is 5.32 Å². The molecule has 0 spiro atoms. The molecule has 3 nitrogen and oxygen atoms in total. The van der Waals surface area contributed by atoms with Gasteiger partial charge in [0.1, 0.15) is 5.69 Å². The molecule has 1 aromatic rings. The number of nitrogens with zero attached hydrogens (tertiary/aromatic N) is 1. The number of pyridine rings is 1. The lowest BCUT2D eigenvalue weighted by molar-refractivity contribution is 0.0824. The van der Waals surface area contributed by atoms with Gasteiger partial charge in [-0.25, -0.2) is 4.98 Å². The Bertz CT molecular complexity index is 482. The van der Waals surface area contributed by atoms with Crippen LogP contribution in [0.1, 0.15) is 56.9 Å². The van der Waals surface area contributed by atoms with E-state index >= 15 is 0 Å². The molecular formula is C16H23BrN2O. The first-order valence-electron chi connectivity index (χ1n) is 7.31. The van der Waals surface area contributed by atoms with Crippen LogP contribution in [0.15, 0.2) is 22.8 Å². The second-order valence-electron chi connectivity index (χ2n) is 6.67. The Morgan fingerprint density at radius 1 is 1.35 bits per heavy atom. The highest BCUT2D eigenvalue weighted by molar-refractivity contribution is 9.10. The van der Waals surface area contributed by atoms with Crippen LogP contribution in [0.3, 0.4) is 0 Å². The summed E-state index contributed by atoms with van der Waals surface area (Å²) in [4.78, 5) is 16.6. The summed E-state index contributed by atoms with van der Waals surface area (Å²) in [6.07, 6.45) is 6.38. The molecule has 0 aromatic carbocycles. The number of hydrogen-bond donors (Lipinski definition) is 1. The van der Waals surface area contributed by atoms with Crippen molar-refractivity contribution in [2.24, 2.45) is 11.3 Å². The van der Waals surface area contributed by atoms with Crippen LogP contribution >= 0.6 is 15.9 Å². The van der Waals surface area contributed by atoms with Crippen molar-refractivity contribution in [3.8, 4) is 0 Å². The lowest BCUT2D eigenvalue weighted by atomic mass is 9.69. The molecule has 1 saturated carbocycles. The predicted molar refractivity (Wildman–Crippen MR) is 84.6 cm³/mol. The Kier molecular flexibility index (Phi) is 4.84. The van der Waals surface area contributed by atoms with Crippen molar-refractivity contribution in [3.63, 3.8) is 0 Å². The monoisotopic (exact) mass is 338 g/mol. The molecule has 0 bridgehead atoms. The SMILES string of the molecule is CC(C)(C)C1CCCCC1NC(=O)c1ncccc1Br. The highest BCUT2D eigenvalue weighted by Gasteiger charge is 2.35. The summed E-state index contributed by atoms with van der Waals surface area (Å²) in [5.41, 5.74) is 0.699. The van der Waals surface area contributed by atoms with Gasteiger partial charge >= 0.3 is 0 Å². The molecule has 1 aromatic heterocycles. The summed E-state index contributed by atoms with van der Waals surface area (Å²) in [5.74, 6) is 0.460. The van der Waals surface area contributed by atoms with E-state index in [2.05, 4.69) is 47.0 Å². The molecule has 2 atom stereocenters. The molecule has 0 radical (unpaired) electrons. The molecule has 2 unspecified atom stereocenters. The van der Waals surface area contributed by atoms with Crippen molar-refractivity contribution in [2.45, 2.75) is 52.5 Å². The normalized spacial score (nSPS) is 23.4. The molecule has 110 valence electrons. The first kappa shape index (κ1) is 15.5. The second kappa shape index (κ2) is 6.25. The van der Waals surface area contributed by atoms with Crippen molar-refractivity contribution in [2.75, 3.05) is 0 Å². The highest BCUT2D eigenvalue weighted by Crippen LogP contribution is 2.38. The summed E-state index contributed by atoms with van der Waals surface area (Å²) >= 11 is 3.39. The quantitative estimate of drug-likeness (QED) is 0.878. The van der Waals surface area contributed by atoms with E-state index in [4.69, 9.17) is 0 Å². The van der Waals surface area contributed by atoms with E-state index in [9.17, 15) is 4.79 Å². The minimum atomic E-state index is -0.0707. The molecule has 4 heteroatoms. The summed E-state index contributed by atoms with van der Waals surface area (Å²) in [7, 11) is 0. The van der Waals surface area contributed by atoms with E-state index in [-0.39, 0.29) is 17.4 Å². The topological polar surface area (TPSA) is 42.0 Å². The van der Waals surface area contributed by atoms with Gasteiger partial charge in [-0.05, 0) is 52.2 Å². The van der Waals surface area contributed by atoms with Crippen LogP contribution in [-0.4, -0.2) is 16.9 Å². The van der Waals surface area contributed by atoms with Crippen LogP contribution in [0.4, 0.5) is 0 Å². The first-order chi connectivity index (χ1) is 9.39. The number of carbonyl (C=O) groups is 1. The standard InChI is InChI=1S/C16H23BrN2O/c1-16(2,3)11-7-4-5-9-13(11)19-15(20)14-12(17)8-6-10-18-14/h6,8,10-11,13H,4-5,7,9H2,1-3H3,(H,19,20). The van der Waals surface area contributed by atoms with Gasteiger partial charge in [0.05, 0.1) is 0 Å². The minimum absolute atomic E-state index is 0.0707. The average molecular weight is 339 g/mol. The number of amides is 1. The molecule has 0 aliphatic heterocycles. The fourth-order valence-electron chi connectivity index (χ4n) is 3.13. The fraction of sp³-hybridized carbons (Fsp3) is 0.625. The molecule has 1 fully saturated rings. The molecular weight excluding hydrogens is 316 g/mol. The van der Waals surface area contributed by atoms with Crippen molar-refractivity contribution in [1.82, 2.24) is 10.3 Å². The Balaban J connectivity index is 2.11. The maximum Gasteiger partial charge on any atom is 0.271 e. The van der Waals surface area contributed by atoms with Gasteiger partial charge < -0.3 is 5.32 Å². The maximum atomic E-state index is 12.4. The van der Waals surface area contributed by atoms with E-state index in [1.165, 1.54) is 19.3 Å². The fourth-order valence-corrected chi connectivity index (χ4v) is 3.56. The van der Waals surface area contributed by atoms with E-state index in [0.29, 0.717) is 11.6 Å².